The molecule has 0 aliphatic heterocycles. The molecule has 0 radical (unpaired) electrons. The predicted molar refractivity (Wildman–Crippen MR) is 112 cm³/mol. The Morgan fingerprint density at radius 2 is 1.76 bits per heavy atom. The molecule has 0 unspecified atom stereocenters. The molecular formula is C23H18FN3O2. The summed E-state index contributed by atoms with van der Waals surface area (Å²) >= 11 is 0. The van der Waals surface area contributed by atoms with Gasteiger partial charge in [-0.25, -0.2) is 9.18 Å². The van der Waals surface area contributed by atoms with Crippen molar-refractivity contribution in [3.05, 3.63) is 102 Å². The average Bonchev–Trinajstić information content (AvgIpc) is 3.08. The van der Waals surface area contributed by atoms with Gasteiger partial charge < -0.3 is 9.67 Å². The summed E-state index contributed by atoms with van der Waals surface area (Å²) in [5.41, 5.74) is 6.30. The number of carboxylic acids is 1. The fourth-order valence-electron chi connectivity index (χ4n) is 3.18. The van der Waals surface area contributed by atoms with E-state index in [0.29, 0.717) is 17.8 Å². The average molecular weight is 387 g/mol. The van der Waals surface area contributed by atoms with Gasteiger partial charge >= 0.3 is 5.97 Å². The number of anilines is 1. The minimum Gasteiger partial charge on any atom is -0.478 e. The van der Waals surface area contributed by atoms with Crippen LogP contribution in [0.25, 0.3) is 10.9 Å². The van der Waals surface area contributed by atoms with Gasteiger partial charge in [0.15, 0.2) is 0 Å². The first kappa shape index (κ1) is 18.4. The van der Waals surface area contributed by atoms with Crippen molar-refractivity contribution >= 4 is 28.8 Å². The summed E-state index contributed by atoms with van der Waals surface area (Å²) in [6.07, 6.45) is 3.64. The number of fused-ring (bicyclic) bond motifs is 1. The van der Waals surface area contributed by atoms with Crippen LogP contribution in [0.15, 0.2) is 84.1 Å². The van der Waals surface area contributed by atoms with Crippen molar-refractivity contribution in [2.45, 2.75) is 6.54 Å². The first-order chi connectivity index (χ1) is 14.1. The highest BCUT2D eigenvalue weighted by Crippen LogP contribution is 2.22. The van der Waals surface area contributed by atoms with Crippen molar-refractivity contribution in [2.24, 2.45) is 5.10 Å². The van der Waals surface area contributed by atoms with Crippen LogP contribution in [0.4, 0.5) is 10.1 Å². The molecule has 4 rings (SSSR count). The lowest BCUT2D eigenvalue weighted by atomic mass is 10.2. The lowest BCUT2D eigenvalue weighted by Gasteiger charge is -2.06. The van der Waals surface area contributed by atoms with Crippen molar-refractivity contribution in [3.8, 4) is 0 Å². The van der Waals surface area contributed by atoms with E-state index in [9.17, 15) is 9.18 Å². The van der Waals surface area contributed by atoms with Gasteiger partial charge in [-0.3, -0.25) is 5.43 Å². The molecule has 0 spiro atoms. The maximum absolute atomic E-state index is 14.1. The summed E-state index contributed by atoms with van der Waals surface area (Å²) in [7, 11) is 0. The van der Waals surface area contributed by atoms with Gasteiger partial charge in [-0.2, -0.15) is 5.10 Å². The number of nitrogens with one attached hydrogen (secondary N) is 1. The van der Waals surface area contributed by atoms with Gasteiger partial charge in [0.2, 0.25) is 0 Å². The Kier molecular flexibility index (Phi) is 5.07. The Labute approximate surface area is 166 Å². The molecule has 1 aromatic heterocycles. The lowest BCUT2D eigenvalue weighted by Crippen LogP contribution is -2.00. The molecule has 6 heteroatoms. The number of nitrogens with zero attached hydrogens (tertiary/aromatic N) is 2. The van der Waals surface area contributed by atoms with Crippen molar-refractivity contribution in [1.82, 2.24) is 4.57 Å². The Bertz CT molecular complexity index is 1200. The highest BCUT2D eigenvalue weighted by Gasteiger charge is 2.09. The zero-order valence-corrected chi connectivity index (χ0v) is 15.4. The predicted octanol–water partition coefficient (Wildman–Crippen LogP) is 4.97. The van der Waals surface area contributed by atoms with E-state index in [0.717, 1.165) is 16.5 Å². The molecule has 3 aromatic carbocycles. The third-order valence-electron chi connectivity index (χ3n) is 4.65. The lowest BCUT2D eigenvalue weighted by molar-refractivity contribution is 0.0697. The molecule has 0 amide bonds. The Hall–Kier alpha value is -3.93. The SMILES string of the molecule is O=C(O)c1ccc(N/N=C/c2cn(Cc3ccccc3F)c3ccccc23)cc1. The number of benzene rings is 3. The third kappa shape index (κ3) is 4.01. The van der Waals surface area contributed by atoms with E-state index in [1.54, 1.807) is 30.5 Å². The normalized spacial score (nSPS) is 11.2. The number of carbonyl (C=O) groups is 1. The zero-order valence-electron chi connectivity index (χ0n) is 15.4. The van der Waals surface area contributed by atoms with Crippen LogP contribution in [-0.2, 0) is 6.54 Å². The van der Waals surface area contributed by atoms with Crippen LogP contribution in [0.1, 0.15) is 21.5 Å². The minimum absolute atomic E-state index is 0.218. The number of rotatable bonds is 6. The van der Waals surface area contributed by atoms with Crippen LogP contribution in [-0.4, -0.2) is 21.9 Å². The van der Waals surface area contributed by atoms with Gasteiger partial charge in [0.05, 0.1) is 24.0 Å². The van der Waals surface area contributed by atoms with Crippen LogP contribution >= 0.6 is 0 Å². The number of aromatic nitrogens is 1. The van der Waals surface area contributed by atoms with E-state index in [1.807, 2.05) is 41.1 Å². The van der Waals surface area contributed by atoms with Crippen LogP contribution in [0, 0.1) is 5.82 Å². The van der Waals surface area contributed by atoms with Crippen molar-refractivity contribution in [3.63, 3.8) is 0 Å². The molecule has 0 saturated heterocycles. The molecule has 0 aliphatic rings. The molecule has 0 atom stereocenters. The van der Waals surface area contributed by atoms with E-state index in [1.165, 1.54) is 18.2 Å². The van der Waals surface area contributed by atoms with E-state index in [4.69, 9.17) is 5.11 Å². The molecule has 144 valence electrons. The number of hydrogen-bond donors (Lipinski definition) is 2. The molecule has 0 saturated carbocycles. The van der Waals surface area contributed by atoms with Crippen molar-refractivity contribution < 1.29 is 14.3 Å². The van der Waals surface area contributed by atoms with Crippen LogP contribution < -0.4 is 5.43 Å². The van der Waals surface area contributed by atoms with Crippen molar-refractivity contribution in [1.29, 1.82) is 0 Å². The molecule has 0 bridgehead atoms. The summed E-state index contributed by atoms with van der Waals surface area (Å²) in [5.74, 6) is -1.20. The van der Waals surface area contributed by atoms with Crippen LogP contribution in [0.2, 0.25) is 0 Å². The smallest absolute Gasteiger partial charge is 0.335 e. The standard InChI is InChI=1S/C23H18FN3O2/c24-21-7-3-1-5-17(21)14-27-15-18(20-6-2-4-8-22(20)27)13-25-26-19-11-9-16(10-12-19)23(28)29/h1-13,15,26H,14H2,(H,28,29)/b25-13+. The highest BCUT2D eigenvalue weighted by molar-refractivity contribution is 5.99. The quantitative estimate of drug-likeness (QED) is 0.362. The number of aromatic carboxylic acids is 1. The maximum atomic E-state index is 14.1. The van der Waals surface area contributed by atoms with E-state index in [2.05, 4.69) is 10.5 Å². The number of para-hydroxylation sites is 1. The molecule has 0 fully saturated rings. The van der Waals surface area contributed by atoms with Crippen LogP contribution in [0.3, 0.4) is 0 Å². The van der Waals surface area contributed by atoms with E-state index in [-0.39, 0.29) is 11.4 Å². The monoisotopic (exact) mass is 387 g/mol. The molecule has 2 N–H and O–H groups in total. The topological polar surface area (TPSA) is 66.6 Å². The zero-order chi connectivity index (χ0) is 20.2. The number of hydrogen-bond acceptors (Lipinski definition) is 3. The maximum Gasteiger partial charge on any atom is 0.335 e. The van der Waals surface area contributed by atoms with Gasteiger partial charge in [0.25, 0.3) is 0 Å². The summed E-state index contributed by atoms with van der Waals surface area (Å²) in [6, 6.07) is 21.0. The van der Waals surface area contributed by atoms with Gasteiger partial charge in [0.1, 0.15) is 5.82 Å². The summed E-state index contributed by atoms with van der Waals surface area (Å²) < 4.78 is 16.1. The minimum atomic E-state index is -0.970. The fraction of sp³-hybridized carbons (Fsp3) is 0.0435. The first-order valence-electron chi connectivity index (χ1n) is 9.05. The molecule has 4 aromatic rings. The second kappa shape index (κ2) is 7.98. The third-order valence-corrected chi connectivity index (χ3v) is 4.65. The van der Waals surface area contributed by atoms with Gasteiger partial charge in [-0.1, -0.05) is 36.4 Å². The second-order valence-corrected chi connectivity index (χ2v) is 6.57. The Morgan fingerprint density at radius 3 is 2.52 bits per heavy atom. The van der Waals surface area contributed by atoms with Gasteiger partial charge in [-0.15, -0.1) is 0 Å². The Morgan fingerprint density at radius 1 is 1.03 bits per heavy atom. The first-order valence-corrected chi connectivity index (χ1v) is 9.05. The van der Waals surface area contributed by atoms with Crippen molar-refractivity contribution in [2.75, 3.05) is 5.43 Å². The highest BCUT2D eigenvalue weighted by atomic mass is 19.1. The summed E-state index contributed by atoms with van der Waals surface area (Å²) in [5, 5.41) is 14.2. The van der Waals surface area contributed by atoms with Crippen LogP contribution in [0.5, 0.6) is 0 Å². The fourth-order valence-corrected chi connectivity index (χ4v) is 3.18. The number of carboxylic acid groups (broad SMARTS) is 1. The molecule has 1 heterocycles. The summed E-state index contributed by atoms with van der Waals surface area (Å²) in [4.78, 5) is 10.9. The largest absolute Gasteiger partial charge is 0.478 e. The summed E-state index contributed by atoms with van der Waals surface area (Å²) in [6.45, 7) is 0.422. The Balaban J connectivity index is 1.58. The van der Waals surface area contributed by atoms with E-state index >= 15 is 0 Å². The second-order valence-electron chi connectivity index (χ2n) is 6.57. The number of hydrazone groups is 1. The molecule has 29 heavy (non-hydrogen) atoms. The van der Waals surface area contributed by atoms with E-state index < -0.39 is 5.97 Å². The molecule has 0 aliphatic carbocycles. The molecular weight excluding hydrogens is 369 g/mol. The molecule has 5 nitrogen and oxygen atoms in total. The van der Waals surface area contributed by atoms with Gasteiger partial charge in [-0.05, 0) is 36.4 Å². The number of halogens is 1. The van der Waals surface area contributed by atoms with Gasteiger partial charge in [0, 0.05) is 28.2 Å².